The molecule has 11 heteroatoms. The van der Waals surface area contributed by atoms with Crippen LogP contribution >= 0.6 is 11.3 Å². The Balaban J connectivity index is 1.46. The number of aromatic nitrogens is 4. The molecule has 154 valence electrons. The molecule has 3 aromatic heterocycles. The second kappa shape index (κ2) is 7.75. The van der Waals surface area contributed by atoms with E-state index in [1.807, 2.05) is 0 Å². The summed E-state index contributed by atoms with van der Waals surface area (Å²) in [5.74, 6) is -0.653. The van der Waals surface area contributed by atoms with E-state index in [0.717, 1.165) is 16.1 Å². The van der Waals surface area contributed by atoms with Gasteiger partial charge in [-0.25, -0.2) is 14.5 Å². The van der Waals surface area contributed by atoms with Crippen molar-refractivity contribution in [1.82, 2.24) is 19.6 Å². The number of anilines is 1. The number of rotatable bonds is 5. The average Bonchev–Trinajstić information content (AvgIpc) is 3.26. The number of alkyl halides is 3. The maximum absolute atomic E-state index is 12.6. The third-order valence-electron chi connectivity index (χ3n) is 4.16. The summed E-state index contributed by atoms with van der Waals surface area (Å²) in [7, 11) is 0. The fourth-order valence-corrected chi connectivity index (χ4v) is 3.78. The molecule has 3 heterocycles. The number of ether oxygens (including phenoxy) is 1. The minimum Gasteiger partial charge on any atom is -0.406 e. The van der Waals surface area contributed by atoms with E-state index in [1.54, 1.807) is 37.5 Å². The van der Waals surface area contributed by atoms with E-state index in [4.69, 9.17) is 0 Å². The van der Waals surface area contributed by atoms with Crippen LogP contribution < -0.4 is 10.1 Å². The van der Waals surface area contributed by atoms with Gasteiger partial charge in [0.1, 0.15) is 11.3 Å². The summed E-state index contributed by atoms with van der Waals surface area (Å²) in [6.07, 6.45) is 0.438. The molecular weight excluding hydrogens is 419 g/mol. The van der Waals surface area contributed by atoms with Crippen LogP contribution in [0.5, 0.6) is 5.75 Å². The number of hydrogen-bond donors (Lipinski definition) is 1. The van der Waals surface area contributed by atoms with Crippen molar-refractivity contribution < 1.29 is 22.7 Å². The lowest BCUT2D eigenvalue weighted by atomic mass is 10.1. The number of carbonyl (C=O) groups excluding carboxylic acids is 1. The van der Waals surface area contributed by atoms with Gasteiger partial charge in [-0.1, -0.05) is 12.1 Å². The Hall–Kier alpha value is -3.47. The smallest absolute Gasteiger partial charge is 0.406 e. The molecule has 0 aliphatic carbocycles. The molecule has 0 aliphatic heterocycles. The number of nitrogens with zero attached hydrogens (tertiary/aromatic N) is 4. The molecule has 0 spiro atoms. The first-order valence-corrected chi connectivity index (χ1v) is 9.51. The Kier molecular flexibility index (Phi) is 5.12. The Morgan fingerprint density at radius 1 is 1.27 bits per heavy atom. The highest BCUT2D eigenvalue weighted by molar-refractivity contribution is 7.15. The molecule has 0 saturated carbocycles. The Morgan fingerprint density at radius 3 is 2.77 bits per heavy atom. The van der Waals surface area contributed by atoms with E-state index in [9.17, 15) is 18.0 Å². The highest BCUT2D eigenvalue weighted by Gasteiger charge is 2.31. The van der Waals surface area contributed by atoms with Gasteiger partial charge >= 0.3 is 6.36 Å². The topological polar surface area (TPSA) is 81.4 Å². The van der Waals surface area contributed by atoms with Gasteiger partial charge in [0, 0.05) is 23.7 Å². The van der Waals surface area contributed by atoms with Crippen molar-refractivity contribution >= 4 is 28.0 Å². The van der Waals surface area contributed by atoms with Crippen molar-refractivity contribution in [2.75, 3.05) is 5.32 Å². The molecule has 0 unspecified atom stereocenters. The standard InChI is InChI=1S/C19H14F3N5O2S/c1-11-15(9-12-3-5-13(6-4-12)29-19(20,21)22)30-18(25-11)26-17(28)14-10-24-27-8-2-7-23-16(14)27/h2-8,10H,9H2,1H3,(H,25,26,28). The molecule has 0 bridgehead atoms. The van der Waals surface area contributed by atoms with E-state index < -0.39 is 6.36 Å². The second-order valence-electron chi connectivity index (χ2n) is 6.30. The van der Waals surface area contributed by atoms with E-state index in [1.165, 1.54) is 34.2 Å². The van der Waals surface area contributed by atoms with Crippen molar-refractivity contribution in [1.29, 1.82) is 0 Å². The quantitative estimate of drug-likeness (QED) is 0.509. The van der Waals surface area contributed by atoms with Crippen LogP contribution in [0.15, 0.2) is 48.9 Å². The maximum atomic E-state index is 12.6. The van der Waals surface area contributed by atoms with Gasteiger partial charge in [0.05, 0.1) is 11.9 Å². The lowest BCUT2D eigenvalue weighted by Crippen LogP contribution is -2.17. The van der Waals surface area contributed by atoms with Crippen molar-refractivity contribution in [3.63, 3.8) is 0 Å². The number of halogens is 3. The number of carbonyl (C=O) groups is 1. The minimum atomic E-state index is -4.72. The Bertz CT molecular complexity index is 1200. The minimum absolute atomic E-state index is 0.276. The largest absolute Gasteiger partial charge is 0.573 e. The number of thiazole rings is 1. The monoisotopic (exact) mass is 433 g/mol. The first-order valence-electron chi connectivity index (χ1n) is 8.69. The van der Waals surface area contributed by atoms with E-state index in [0.29, 0.717) is 22.8 Å². The molecule has 0 atom stereocenters. The Morgan fingerprint density at radius 2 is 2.03 bits per heavy atom. The summed E-state index contributed by atoms with van der Waals surface area (Å²) in [5, 5.41) is 7.25. The summed E-state index contributed by atoms with van der Waals surface area (Å²) in [6.45, 7) is 1.81. The lowest BCUT2D eigenvalue weighted by molar-refractivity contribution is -0.274. The third kappa shape index (κ3) is 4.40. The number of benzene rings is 1. The zero-order valence-electron chi connectivity index (χ0n) is 15.5. The third-order valence-corrected chi connectivity index (χ3v) is 5.23. The van der Waals surface area contributed by atoms with E-state index in [-0.39, 0.29) is 11.7 Å². The van der Waals surface area contributed by atoms with E-state index >= 15 is 0 Å². The van der Waals surface area contributed by atoms with Gasteiger partial charge in [-0.3, -0.25) is 10.1 Å². The molecule has 4 aromatic rings. The van der Waals surface area contributed by atoms with Gasteiger partial charge in [0.15, 0.2) is 10.8 Å². The summed E-state index contributed by atoms with van der Waals surface area (Å²) in [4.78, 5) is 22.0. The van der Waals surface area contributed by atoms with Crippen molar-refractivity contribution in [2.45, 2.75) is 19.7 Å². The van der Waals surface area contributed by atoms with Crippen LogP contribution in [0, 0.1) is 6.92 Å². The number of fused-ring (bicyclic) bond motifs is 1. The SMILES string of the molecule is Cc1nc(NC(=O)c2cnn3cccnc23)sc1Cc1ccc(OC(F)(F)F)cc1. The van der Waals surface area contributed by atoms with Crippen molar-refractivity contribution in [3.05, 3.63) is 70.6 Å². The van der Waals surface area contributed by atoms with Gasteiger partial charge in [0.25, 0.3) is 5.91 Å². The van der Waals surface area contributed by atoms with Gasteiger partial charge in [-0.15, -0.1) is 24.5 Å². The summed E-state index contributed by atoms with van der Waals surface area (Å²) >= 11 is 1.30. The number of hydrogen-bond acceptors (Lipinski definition) is 6. The van der Waals surface area contributed by atoms with Crippen molar-refractivity contribution in [2.24, 2.45) is 0 Å². The molecule has 1 N–H and O–H groups in total. The van der Waals surface area contributed by atoms with Crippen LogP contribution in [0.25, 0.3) is 5.65 Å². The fourth-order valence-electron chi connectivity index (χ4n) is 2.79. The van der Waals surface area contributed by atoms with Crippen LogP contribution in [-0.4, -0.2) is 31.9 Å². The zero-order valence-corrected chi connectivity index (χ0v) is 16.3. The summed E-state index contributed by atoms with van der Waals surface area (Å²) in [6, 6.07) is 7.35. The maximum Gasteiger partial charge on any atom is 0.573 e. The molecule has 1 amide bonds. The molecular formula is C19H14F3N5O2S. The molecule has 1 aromatic carbocycles. The van der Waals surface area contributed by atoms with Gasteiger partial charge in [-0.2, -0.15) is 5.10 Å². The van der Waals surface area contributed by atoms with Crippen LogP contribution in [0.4, 0.5) is 18.3 Å². The number of nitrogens with one attached hydrogen (secondary N) is 1. The first-order chi connectivity index (χ1) is 14.3. The van der Waals surface area contributed by atoms with Crippen LogP contribution in [0.3, 0.4) is 0 Å². The number of amides is 1. The van der Waals surface area contributed by atoms with E-state index in [2.05, 4.69) is 25.1 Å². The van der Waals surface area contributed by atoms with Gasteiger partial charge in [-0.05, 0) is 30.7 Å². The highest BCUT2D eigenvalue weighted by atomic mass is 32.1. The van der Waals surface area contributed by atoms with Crippen LogP contribution in [0.2, 0.25) is 0 Å². The number of aryl methyl sites for hydroxylation is 1. The summed E-state index contributed by atoms with van der Waals surface area (Å²) < 4.78 is 42.2. The molecule has 0 aliphatic rings. The molecule has 0 radical (unpaired) electrons. The molecule has 30 heavy (non-hydrogen) atoms. The van der Waals surface area contributed by atoms with Gasteiger partial charge < -0.3 is 4.74 Å². The average molecular weight is 433 g/mol. The normalized spacial score (nSPS) is 11.6. The lowest BCUT2D eigenvalue weighted by Gasteiger charge is -2.09. The fraction of sp³-hybridized carbons (Fsp3) is 0.158. The predicted octanol–water partition coefficient (Wildman–Crippen LogP) is 4.24. The Labute approximate surface area is 172 Å². The zero-order chi connectivity index (χ0) is 21.3. The molecule has 7 nitrogen and oxygen atoms in total. The second-order valence-corrected chi connectivity index (χ2v) is 7.38. The molecule has 4 rings (SSSR count). The first kappa shape index (κ1) is 19.8. The van der Waals surface area contributed by atoms with Crippen LogP contribution in [-0.2, 0) is 6.42 Å². The molecule has 0 fully saturated rings. The molecule has 0 saturated heterocycles. The predicted molar refractivity (Wildman–Crippen MR) is 104 cm³/mol. The summed E-state index contributed by atoms with van der Waals surface area (Å²) in [5.41, 5.74) is 2.28. The van der Waals surface area contributed by atoms with Crippen molar-refractivity contribution in [3.8, 4) is 5.75 Å². The van der Waals surface area contributed by atoms with Gasteiger partial charge in [0.2, 0.25) is 0 Å². The highest BCUT2D eigenvalue weighted by Crippen LogP contribution is 2.28. The van der Waals surface area contributed by atoms with Crippen LogP contribution in [0.1, 0.15) is 26.5 Å².